The van der Waals surface area contributed by atoms with E-state index in [1.165, 1.54) is 12.1 Å². The summed E-state index contributed by atoms with van der Waals surface area (Å²) in [5.41, 5.74) is 2.68. The van der Waals surface area contributed by atoms with Gasteiger partial charge in [0, 0.05) is 35.7 Å². The number of hydrogen-bond acceptors (Lipinski definition) is 5. The van der Waals surface area contributed by atoms with Gasteiger partial charge in [0.1, 0.15) is 29.9 Å². The van der Waals surface area contributed by atoms with Gasteiger partial charge in [0.15, 0.2) is 0 Å². The lowest BCUT2D eigenvalue weighted by atomic mass is 9.73. The van der Waals surface area contributed by atoms with Crippen LogP contribution in [-0.4, -0.2) is 37.7 Å². The Labute approximate surface area is 251 Å². The van der Waals surface area contributed by atoms with Gasteiger partial charge in [-0.25, -0.2) is 27.9 Å². The van der Waals surface area contributed by atoms with Crippen LogP contribution in [0.15, 0.2) is 66.7 Å². The number of pyridine rings is 1. The van der Waals surface area contributed by atoms with Crippen LogP contribution in [0.5, 0.6) is 5.88 Å². The van der Waals surface area contributed by atoms with Crippen molar-refractivity contribution in [2.24, 2.45) is 5.92 Å². The number of nitrogens with one attached hydrogen (secondary N) is 1. The highest BCUT2D eigenvalue weighted by Crippen LogP contribution is 2.45. The first kappa shape index (κ1) is 28.1. The van der Waals surface area contributed by atoms with Crippen molar-refractivity contribution in [2.45, 2.75) is 44.9 Å². The highest BCUT2D eigenvalue weighted by molar-refractivity contribution is 5.92. The number of nitrogens with zero attached hydrogens (tertiary/aromatic N) is 3. The third-order valence-electron chi connectivity index (χ3n) is 8.73. The third kappa shape index (κ3) is 5.19. The van der Waals surface area contributed by atoms with Gasteiger partial charge < -0.3 is 19.7 Å². The Kier molecular flexibility index (Phi) is 6.88. The van der Waals surface area contributed by atoms with E-state index in [1.807, 2.05) is 4.57 Å². The van der Waals surface area contributed by atoms with E-state index in [-0.39, 0.29) is 46.8 Å². The maximum Gasteiger partial charge on any atom is 0.335 e. The highest BCUT2D eigenvalue weighted by atomic mass is 19.1. The van der Waals surface area contributed by atoms with E-state index in [9.17, 15) is 14.3 Å². The number of rotatable bonds is 9. The van der Waals surface area contributed by atoms with Crippen LogP contribution >= 0.6 is 0 Å². The monoisotopic (exact) mass is 598 g/mol. The first-order valence-corrected chi connectivity index (χ1v) is 14.5. The summed E-state index contributed by atoms with van der Waals surface area (Å²) in [5, 5.41) is 13.1. The fraction of sp³-hybridized carbons (Fsp3) is 0.265. The zero-order chi connectivity index (χ0) is 30.6. The van der Waals surface area contributed by atoms with E-state index in [4.69, 9.17) is 9.72 Å². The second-order valence-electron chi connectivity index (χ2n) is 11.9. The Balaban J connectivity index is 1.17. The lowest BCUT2D eigenvalue weighted by molar-refractivity contribution is 0.0697. The van der Waals surface area contributed by atoms with Gasteiger partial charge in [-0.15, -0.1) is 0 Å². The molecule has 44 heavy (non-hydrogen) atoms. The van der Waals surface area contributed by atoms with Gasteiger partial charge in [0.2, 0.25) is 5.88 Å². The standard InChI is InChI=1S/C34H29F3N4O3/c1-19-5-6-22(25(35)9-19)17-44-32-4-2-3-28(40-32)24-13-26(36)23(10-27(24)37)12-31-39-29-8-7-21(33(42)43)11-30(29)41(31)18-34-14-20(15-34)16-38-34/h2-11,13,20,38H,12,14-18H2,1H3,(H,42,43). The van der Waals surface area contributed by atoms with Crippen LogP contribution in [0.1, 0.15) is 45.7 Å². The van der Waals surface area contributed by atoms with Crippen molar-refractivity contribution in [1.29, 1.82) is 0 Å². The number of hydrogen-bond donors (Lipinski definition) is 2. The van der Waals surface area contributed by atoms with Crippen LogP contribution in [0.4, 0.5) is 13.2 Å². The van der Waals surface area contributed by atoms with Crippen molar-refractivity contribution >= 4 is 17.0 Å². The Morgan fingerprint density at radius 1 is 1.00 bits per heavy atom. The van der Waals surface area contributed by atoms with Crippen LogP contribution in [0.3, 0.4) is 0 Å². The van der Waals surface area contributed by atoms with Crippen LogP contribution in [0, 0.1) is 30.3 Å². The van der Waals surface area contributed by atoms with Crippen molar-refractivity contribution in [1.82, 2.24) is 19.9 Å². The van der Waals surface area contributed by atoms with Crippen LogP contribution in [0.25, 0.3) is 22.3 Å². The molecule has 0 radical (unpaired) electrons. The van der Waals surface area contributed by atoms with Gasteiger partial charge in [-0.05, 0) is 85.8 Å². The maximum atomic E-state index is 15.6. The number of carboxylic acid groups (broad SMARTS) is 1. The summed E-state index contributed by atoms with van der Waals surface area (Å²) in [6.07, 6.45) is 2.04. The van der Waals surface area contributed by atoms with Crippen molar-refractivity contribution in [3.05, 3.63) is 112 Å². The normalized spacial score (nSPS) is 18.9. The summed E-state index contributed by atoms with van der Waals surface area (Å²) < 4.78 is 53.0. The molecule has 224 valence electrons. The molecule has 0 amide bonds. The van der Waals surface area contributed by atoms with E-state index in [0.29, 0.717) is 34.9 Å². The van der Waals surface area contributed by atoms with Crippen molar-refractivity contribution in [3.8, 4) is 17.1 Å². The van der Waals surface area contributed by atoms with Crippen LogP contribution in [0.2, 0.25) is 0 Å². The molecule has 2 aromatic heterocycles. The van der Waals surface area contributed by atoms with E-state index in [0.717, 1.165) is 37.1 Å². The minimum absolute atomic E-state index is 0.0122. The molecule has 1 saturated carbocycles. The molecule has 3 aliphatic rings. The Morgan fingerprint density at radius 3 is 2.57 bits per heavy atom. The number of carbonyl (C=O) groups is 1. The summed E-state index contributed by atoms with van der Waals surface area (Å²) in [6, 6.07) is 16.6. The van der Waals surface area contributed by atoms with Gasteiger partial charge in [-0.2, -0.15) is 0 Å². The molecule has 5 aromatic rings. The topological polar surface area (TPSA) is 89.3 Å². The number of halogens is 3. The fourth-order valence-electron chi connectivity index (χ4n) is 6.46. The smallest absolute Gasteiger partial charge is 0.335 e. The lowest BCUT2D eigenvalue weighted by Gasteiger charge is -2.38. The average Bonchev–Trinajstić information content (AvgIpc) is 3.68. The number of aryl methyl sites for hydroxylation is 1. The molecule has 2 bridgehead atoms. The zero-order valence-corrected chi connectivity index (χ0v) is 23.9. The first-order valence-electron chi connectivity index (χ1n) is 14.5. The molecular weight excluding hydrogens is 569 g/mol. The quantitative estimate of drug-likeness (QED) is 0.203. The van der Waals surface area contributed by atoms with Gasteiger partial charge >= 0.3 is 5.97 Å². The number of carboxylic acids is 1. The summed E-state index contributed by atoms with van der Waals surface area (Å²) in [5.74, 6) is -1.42. The highest BCUT2D eigenvalue weighted by Gasteiger charge is 2.50. The SMILES string of the molecule is Cc1ccc(COc2cccc(-c3cc(F)c(Cc4nc5ccc(C(=O)O)cc5n4CC45CC(CN4)C5)cc3F)n2)c(F)c1. The number of fused-ring (bicyclic) bond motifs is 2. The molecule has 0 atom stereocenters. The summed E-state index contributed by atoms with van der Waals surface area (Å²) in [4.78, 5) is 20.7. The molecule has 8 rings (SSSR count). The Bertz CT molecular complexity index is 1930. The number of benzene rings is 3. The minimum atomic E-state index is -1.05. The zero-order valence-electron chi connectivity index (χ0n) is 23.9. The lowest BCUT2D eigenvalue weighted by Crippen LogP contribution is -2.47. The average molecular weight is 599 g/mol. The number of aromatic carboxylic acids is 1. The molecule has 2 saturated heterocycles. The molecule has 10 heteroatoms. The third-order valence-corrected chi connectivity index (χ3v) is 8.73. The molecule has 3 aromatic carbocycles. The van der Waals surface area contributed by atoms with Gasteiger partial charge in [0.25, 0.3) is 0 Å². The predicted octanol–water partition coefficient (Wildman–Crippen LogP) is 6.44. The molecule has 0 unspecified atom stereocenters. The molecule has 4 heterocycles. The molecule has 2 aliphatic heterocycles. The first-order chi connectivity index (χ1) is 21.2. The molecule has 2 N–H and O–H groups in total. The van der Waals surface area contributed by atoms with E-state index >= 15 is 8.78 Å². The number of aromatic nitrogens is 3. The number of ether oxygens (including phenoxy) is 1. The Hall–Kier alpha value is -4.70. The van der Waals surface area contributed by atoms with E-state index in [2.05, 4.69) is 10.3 Å². The molecule has 1 aliphatic carbocycles. The molecular formula is C34H29F3N4O3. The largest absolute Gasteiger partial charge is 0.478 e. The van der Waals surface area contributed by atoms with Crippen molar-refractivity contribution in [3.63, 3.8) is 0 Å². The molecule has 3 fully saturated rings. The maximum absolute atomic E-state index is 15.6. The second kappa shape index (κ2) is 10.8. The van der Waals surface area contributed by atoms with Crippen molar-refractivity contribution < 1.29 is 27.8 Å². The Morgan fingerprint density at radius 2 is 1.82 bits per heavy atom. The van der Waals surface area contributed by atoms with Crippen LogP contribution < -0.4 is 10.1 Å². The van der Waals surface area contributed by atoms with Crippen molar-refractivity contribution in [2.75, 3.05) is 6.54 Å². The van der Waals surface area contributed by atoms with Gasteiger partial charge in [-0.1, -0.05) is 18.2 Å². The van der Waals surface area contributed by atoms with Gasteiger partial charge in [-0.3, -0.25) is 0 Å². The van der Waals surface area contributed by atoms with E-state index in [1.54, 1.807) is 49.4 Å². The number of imidazole rings is 1. The summed E-state index contributed by atoms with van der Waals surface area (Å²) in [6.45, 7) is 3.22. The predicted molar refractivity (Wildman–Crippen MR) is 158 cm³/mol. The molecule has 0 spiro atoms. The summed E-state index contributed by atoms with van der Waals surface area (Å²) >= 11 is 0. The van der Waals surface area contributed by atoms with Crippen LogP contribution in [-0.2, 0) is 19.6 Å². The van der Waals surface area contributed by atoms with E-state index < -0.39 is 23.4 Å². The summed E-state index contributed by atoms with van der Waals surface area (Å²) in [7, 11) is 0. The van der Waals surface area contributed by atoms with Gasteiger partial charge in [0.05, 0.1) is 22.3 Å². The fourth-order valence-corrected chi connectivity index (χ4v) is 6.46. The second-order valence-corrected chi connectivity index (χ2v) is 11.9. The molecule has 7 nitrogen and oxygen atoms in total. The minimum Gasteiger partial charge on any atom is -0.478 e.